The molecule has 2 N–H and O–H groups in total. The molecule has 136 valence electrons. The number of unbranched alkanes of at least 4 members (excludes halogenated alkanes) is 6. The van der Waals surface area contributed by atoms with Crippen LogP contribution in [-0.2, 0) is 19.7 Å². The van der Waals surface area contributed by atoms with E-state index < -0.39 is 33.0 Å². The van der Waals surface area contributed by atoms with Crippen LogP contribution >= 0.6 is 0 Å². The SMILES string of the molecule is CCCCCCC(CCCCCC)(CC(=O)S(=O)(=O)O)C(=O)O. The predicted octanol–water partition coefficient (Wildman–Crippen LogP) is 3.80. The molecule has 23 heavy (non-hydrogen) atoms. The van der Waals surface area contributed by atoms with Gasteiger partial charge in [0.2, 0.25) is 0 Å². The lowest BCUT2D eigenvalue weighted by molar-refractivity contribution is -0.152. The summed E-state index contributed by atoms with van der Waals surface area (Å²) < 4.78 is 30.9. The van der Waals surface area contributed by atoms with Crippen LogP contribution in [0.3, 0.4) is 0 Å². The fourth-order valence-corrected chi connectivity index (χ4v) is 3.20. The minimum absolute atomic E-state index is 0.260. The number of rotatable bonds is 13. The summed E-state index contributed by atoms with van der Waals surface area (Å²) in [6.07, 6.45) is 6.77. The Morgan fingerprint density at radius 1 is 0.870 bits per heavy atom. The molecule has 0 atom stereocenters. The van der Waals surface area contributed by atoms with Gasteiger partial charge in [0.1, 0.15) is 0 Å². The van der Waals surface area contributed by atoms with Crippen molar-refractivity contribution in [2.75, 3.05) is 0 Å². The quantitative estimate of drug-likeness (QED) is 0.386. The Hall–Kier alpha value is -0.950. The van der Waals surface area contributed by atoms with Crippen LogP contribution in [0.15, 0.2) is 0 Å². The van der Waals surface area contributed by atoms with Crippen LogP contribution in [0.5, 0.6) is 0 Å². The second kappa shape index (κ2) is 10.8. The normalized spacial score (nSPS) is 12.3. The minimum Gasteiger partial charge on any atom is -0.481 e. The van der Waals surface area contributed by atoms with Gasteiger partial charge < -0.3 is 5.11 Å². The first kappa shape index (κ1) is 22.1. The third-order valence-electron chi connectivity index (χ3n) is 4.24. The molecule has 0 rings (SSSR count). The molecule has 0 unspecified atom stereocenters. The Balaban J connectivity index is 5.07. The van der Waals surface area contributed by atoms with E-state index in [0.717, 1.165) is 38.5 Å². The smallest absolute Gasteiger partial charge is 0.328 e. The summed E-state index contributed by atoms with van der Waals surface area (Å²) in [5, 5.41) is 8.23. The van der Waals surface area contributed by atoms with Crippen LogP contribution in [0.25, 0.3) is 0 Å². The van der Waals surface area contributed by atoms with Crippen LogP contribution in [0, 0.1) is 5.41 Å². The zero-order valence-electron chi connectivity index (χ0n) is 14.2. The van der Waals surface area contributed by atoms with Crippen LogP contribution in [0.2, 0.25) is 0 Å². The van der Waals surface area contributed by atoms with Gasteiger partial charge in [0, 0.05) is 6.42 Å². The summed E-state index contributed by atoms with van der Waals surface area (Å²) >= 11 is 0. The van der Waals surface area contributed by atoms with Crippen LogP contribution in [0.4, 0.5) is 0 Å². The summed E-state index contributed by atoms with van der Waals surface area (Å²) in [6, 6.07) is 0. The van der Waals surface area contributed by atoms with Gasteiger partial charge in [-0.2, -0.15) is 8.42 Å². The van der Waals surface area contributed by atoms with Crippen molar-refractivity contribution in [3.63, 3.8) is 0 Å². The van der Waals surface area contributed by atoms with E-state index in [-0.39, 0.29) is 12.8 Å². The summed E-state index contributed by atoms with van der Waals surface area (Å²) in [5.41, 5.74) is -1.39. The number of carbonyl (C=O) groups is 2. The van der Waals surface area contributed by atoms with E-state index >= 15 is 0 Å². The first-order valence-electron chi connectivity index (χ1n) is 8.43. The zero-order valence-corrected chi connectivity index (χ0v) is 15.0. The van der Waals surface area contributed by atoms with Gasteiger partial charge in [-0.3, -0.25) is 14.1 Å². The topological polar surface area (TPSA) is 109 Å². The van der Waals surface area contributed by atoms with E-state index in [1.54, 1.807) is 0 Å². The van der Waals surface area contributed by atoms with Crippen molar-refractivity contribution < 1.29 is 27.7 Å². The highest BCUT2D eigenvalue weighted by Gasteiger charge is 2.42. The van der Waals surface area contributed by atoms with Crippen molar-refractivity contribution in [3.8, 4) is 0 Å². The molecule has 0 bridgehead atoms. The number of carboxylic acids is 1. The molecule has 0 aliphatic carbocycles. The molecule has 0 fully saturated rings. The molecular weight excluding hydrogens is 320 g/mol. The predicted molar refractivity (Wildman–Crippen MR) is 88.8 cm³/mol. The molecule has 0 heterocycles. The Morgan fingerprint density at radius 3 is 1.61 bits per heavy atom. The van der Waals surface area contributed by atoms with Gasteiger partial charge >= 0.3 is 16.1 Å². The van der Waals surface area contributed by atoms with Gasteiger partial charge in [-0.05, 0) is 12.8 Å². The van der Waals surface area contributed by atoms with E-state index in [0.29, 0.717) is 12.8 Å². The largest absolute Gasteiger partial charge is 0.481 e. The van der Waals surface area contributed by atoms with Crippen LogP contribution in [0.1, 0.15) is 84.5 Å². The van der Waals surface area contributed by atoms with Crippen molar-refractivity contribution in [2.45, 2.75) is 84.5 Å². The van der Waals surface area contributed by atoms with Gasteiger partial charge in [0.25, 0.3) is 5.12 Å². The lowest BCUT2D eigenvalue weighted by atomic mass is 9.75. The first-order chi connectivity index (χ1) is 10.7. The van der Waals surface area contributed by atoms with Gasteiger partial charge in [-0.25, -0.2) is 0 Å². The van der Waals surface area contributed by atoms with Crippen LogP contribution in [-0.4, -0.2) is 29.2 Å². The molecule has 0 aromatic carbocycles. The summed E-state index contributed by atoms with van der Waals surface area (Å²) in [4.78, 5) is 23.4. The number of aliphatic carboxylic acids is 1. The summed E-state index contributed by atoms with van der Waals surface area (Å²) in [6.45, 7) is 4.08. The minimum atomic E-state index is -4.84. The monoisotopic (exact) mass is 350 g/mol. The highest BCUT2D eigenvalue weighted by atomic mass is 32.2. The number of carboxylic acid groups (broad SMARTS) is 1. The Kier molecular flexibility index (Phi) is 10.3. The van der Waals surface area contributed by atoms with Gasteiger partial charge in [-0.1, -0.05) is 65.2 Å². The molecule has 6 nitrogen and oxygen atoms in total. The second-order valence-corrected chi connectivity index (χ2v) is 7.64. The molecule has 0 amide bonds. The third kappa shape index (κ3) is 8.46. The fourth-order valence-electron chi connectivity index (χ4n) is 2.74. The molecule has 0 spiro atoms. The molecule has 0 aliphatic rings. The number of hydrogen-bond donors (Lipinski definition) is 2. The zero-order chi connectivity index (χ0) is 17.9. The molecule has 0 aromatic rings. The Labute approximate surface area is 139 Å². The third-order valence-corrected chi connectivity index (χ3v) is 4.96. The van der Waals surface area contributed by atoms with Crippen molar-refractivity contribution in [1.82, 2.24) is 0 Å². The highest BCUT2D eigenvalue weighted by molar-refractivity contribution is 8.01. The van der Waals surface area contributed by atoms with Crippen molar-refractivity contribution in [2.24, 2.45) is 5.41 Å². The average Bonchev–Trinajstić information content (AvgIpc) is 2.46. The van der Waals surface area contributed by atoms with Gasteiger partial charge in [0.15, 0.2) is 0 Å². The summed E-state index contributed by atoms with van der Waals surface area (Å²) in [7, 11) is -4.84. The molecule has 7 heteroatoms. The van der Waals surface area contributed by atoms with E-state index in [2.05, 4.69) is 0 Å². The molecule has 0 aliphatic heterocycles. The van der Waals surface area contributed by atoms with E-state index in [1.807, 2.05) is 13.8 Å². The molecule has 0 saturated heterocycles. The van der Waals surface area contributed by atoms with Crippen LogP contribution < -0.4 is 0 Å². The molecule has 0 saturated carbocycles. The maximum atomic E-state index is 11.8. The first-order valence-corrected chi connectivity index (χ1v) is 9.87. The van der Waals surface area contributed by atoms with Crippen molar-refractivity contribution in [1.29, 1.82) is 0 Å². The lowest BCUT2D eigenvalue weighted by Crippen LogP contribution is -2.35. The van der Waals surface area contributed by atoms with Gasteiger partial charge in [0.05, 0.1) is 5.41 Å². The van der Waals surface area contributed by atoms with E-state index in [1.165, 1.54) is 0 Å². The second-order valence-electron chi connectivity index (χ2n) is 6.23. The maximum absolute atomic E-state index is 11.8. The lowest BCUT2D eigenvalue weighted by Gasteiger charge is -2.28. The van der Waals surface area contributed by atoms with Crippen molar-refractivity contribution in [3.05, 3.63) is 0 Å². The Bertz CT molecular complexity index is 457. The maximum Gasteiger partial charge on any atom is 0.328 e. The molecule has 0 aromatic heterocycles. The fraction of sp³-hybridized carbons (Fsp3) is 0.875. The molecule has 0 radical (unpaired) electrons. The number of carbonyl (C=O) groups excluding carboxylic acids is 1. The van der Waals surface area contributed by atoms with E-state index in [9.17, 15) is 23.1 Å². The molecular formula is C16H30O6S. The summed E-state index contributed by atoms with van der Waals surface area (Å²) in [5.74, 6) is -1.15. The van der Waals surface area contributed by atoms with E-state index in [4.69, 9.17) is 4.55 Å². The highest BCUT2D eigenvalue weighted by Crippen LogP contribution is 2.36. The average molecular weight is 350 g/mol. The van der Waals surface area contributed by atoms with Gasteiger partial charge in [-0.15, -0.1) is 0 Å². The standard InChI is InChI=1S/C16H30O6S/c1-3-5-7-9-11-16(15(18)19,12-10-8-6-4-2)13-14(17)23(20,21)22/h3-13H2,1-2H3,(H,18,19)(H,20,21,22). The Morgan fingerprint density at radius 2 is 1.30 bits per heavy atom. The number of hydrogen-bond acceptors (Lipinski definition) is 4. The van der Waals surface area contributed by atoms with Crippen molar-refractivity contribution >= 4 is 21.2 Å².